The van der Waals surface area contributed by atoms with Crippen molar-refractivity contribution in [3.63, 3.8) is 0 Å². The molecule has 2 rings (SSSR count). The molecule has 0 bridgehead atoms. The van der Waals surface area contributed by atoms with E-state index in [1.165, 1.54) is 21.4 Å². The summed E-state index contributed by atoms with van der Waals surface area (Å²) >= 11 is 12.0. The summed E-state index contributed by atoms with van der Waals surface area (Å²) in [5.74, 6) is 0. The normalized spacial score (nSPS) is 12.3. The van der Waals surface area contributed by atoms with E-state index in [1.807, 2.05) is 19.0 Å². The van der Waals surface area contributed by atoms with Crippen molar-refractivity contribution in [2.75, 3.05) is 27.2 Å². The van der Waals surface area contributed by atoms with Crippen LogP contribution in [0.4, 0.5) is 0 Å². The van der Waals surface area contributed by atoms with Gasteiger partial charge in [-0.3, -0.25) is 4.68 Å². The van der Waals surface area contributed by atoms with E-state index < -0.39 is 10.0 Å². The number of hydrogen-bond donors (Lipinski definition) is 0. The minimum absolute atomic E-state index is 0.180. The van der Waals surface area contributed by atoms with Gasteiger partial charge in [0.2, 0.25) is 10.0 Å². The summed E-state index contributed by atoms with van der Waals surface area (Å²) < 4.78 is 28.9. The summed E-state index contributed by atoms with van der Waals surface area (Å²) in [5, 5.41) is 4.82. The highest BCUT2D eigenvalue weighted by Crippen LogP contribution is 2.25. The van der Waals surface area contributed by atoms with Gasteiger partial charge in [0.25, 0.3) is 0 Å². The van der Waals surface area contributed by atoms with Gasteiger partial charge in [-0.2, -0.15) is 9.40 Å². The maximum absolute atomic E-state index is 13.0. The van der Waals surface area contributed by atoms with Crippen molar-refractivity contribution < 1.29 is 8.42 Å². The lowest BCUT2D eigenvalue weighted by Gasteiger charge is -2.22. The molecule has 138 valence electrons. The molecule has 0 atom stereocenters. The van der Waals surface area contributed by atoms with Crippen LogP contribution in [0.15, 0.2) is 35.5 Å². The third-order valence-corrected chi connectivity index (χ3v) is 6.21. The lowest BCUT2D eigenvalue weighted by atomic mass is 10.2. The van der Waals surface area contributed by atoms with Crippen molar-refractivity contribution in [3.8, 4) is 0 Å². The second-order valence-corrected chi connectivity index (χ2v) is 8.85. The predicted molar refractivity (Wildman–Crippen MR) is 100 cm³/mol. The van der Waals surface area contributed by atoms with E-state index in [-0.39, 0.29) is 11.4 Å². The quantitative estimate of drug-likeness (QED) is 0.678. The Labute approximate surface area is 159 Å². The van der Waals surface area contributed by atoms with Crippen molar-refractivity contribution in [3.05, 3.63) is 46.2 Å². The first-order chi connectivity index (χ1) is 11.7. The molecule has 0 aliphatic heterocycles. The number of nitrogens with zero attached hydrogens (tertiary/aromatic N) is 4. The number of aryl methyl sites for hydroxylation is 1. The van der Waals surface area contributed by atoms with Gasteiger partial charge < -0.3 is 4.90 Å². The first-order valence-corrected chi connectivity index (χ1v) is 9.97. The second kappa shape index (κ2) is 8.51. The fraction of sp³-hybridized carbons (Fsp3) is 0.438. The smallest absolute Gasteiger partial charge is 0.246 e. The molecule has 9 heteroatoms. The predicted octanol–water partition coefficient (Wildman–Crippen LogP) is 2.87. The minimum atomic E-state index is -3.64. The number of benzene rings is 1. The average molecular weight is 405 g/mol. The van der Waals surface area contributed by atoms with Crippen LogP contribution >= 0.6 is 23.2 Å². The Morgan fingerprint density at radius 3 is 2.44 bits per heavy atom. The van der Waals surface area contributed by atoms with Gasteiger partial charge in [-0.05, 0) is 44.8 Å². The highest BCUT2D eigenvalue weighted by Gasteiger charge is 2.26. The molecule has 0 amide bonds. The molecule has 0 aliphatic rings. The Bertz CT molecular complexity index is 821. The van der Waals surface area contributed by atoms with Crippen molar-refractivity contribution in [1.29, 1.82) is 0 Å². The van der Waals surface area contributed by atoms with Gasteiger partial charge in [-0.25, -0.2) is 8.42 Å². The molecule has 6 nitrogen and oxygen atoms in total. The van der Waals surface area contributed by atoms with Crippen LogP contribution in [0.2, 0.25) is 10.0 Å². The molecule has 1 aromatic carbocycles. The van der Waals surface area contributed by atoms with E-state index in [1.54, 1.807) is 25.2 Å². The number of aromatic nitrogens is 2. The van der Waals surface area contributed by atoms with Gasteiger partial charge in [0.1, 0.15) is 4.90 Å². The van der Waals surface area contributed by atoms with Gasteiger partial charge in [-0.15, -0.1) is 0 Å². The Morgan fingerprint density at radius 1 is 1.16 bits per heavy atom. The molecule has 0 fully saturated rings. The number of halogens is 2. The van der Waals surface area contributed by atoms with Crippen molar-refractivity contribution >= 4 is 33.2 Å². The van der Waals surface area contributed by atoms with Crippen LogP contribution < -0.4 is 0 Å². The summed E-state index contributed by atoms with van der Waals surface area (Å²) in [6.07, 6.45) is 3.58. The van der Waals surface area contributed by atoms with E-state index in [4.69, 9.17) is 23.2 Å². The molecule has 2 aromatic rings. The second-order valence-electron chi connectivity index (χ2n) is 6.09. The zero-order valence-electron chi connectivity index (χ0n) is 14.5. The minimum Gasteiger partial charge on any atom is -0.309 e. The van der Waals surface area contributed by atoms with Crippen LogP contribution in [-0.4, -0.2) is 54.6 Å². The van der Waals surface area contributed by atoms with Crippen molar-refractivity contribution in [2.45, 2.75) is 17.9 Å². The van der Waals surface area contributed by atoms with E-state index in [0.29, 0.717) is 23.0 Å². The van der Waals surface area contributed by atoms with E-state index >= 15 is 0 Å². The average Bonchev–Trinajstić information content (AvgIpc) is 2.97. The maximum Gasteiger partial charge on any atom is 0.246 e. The lowest BCUT2D eigenvalue weighted by Crippen LogP contribution is -2.33. The zero-order chi connectivity index (χ0) is 18.6. The SMILES string of the molecule is CN(C)CCCN(Cc1ccc(Cl)c(Cl)c1)S(=O)(=O)c1cnn(C)c1. The van der Waals surface area contributed by atoms with Gasteiger partial charge >= 0.3 is 0 Å². The summed E-state index contributed by atoms with van der Waals surface area (Å²) in [6.45, 7) is 1.41. The summed E-state index contributed by atoms with van der Waals surface area (Å²) in [6, 6.07) is 5.15. The highest BCUT2D eigenvalue weighted by molar-refractivity contribution is 7.89. The van der Waals surface area contributed by atoms with E-state index in [0.717, 1.165) is 12.1 Å². The number of hydrogen-bond acceptors (Lipinski definition) is 4. The number of sulfonamides is 1. The molecule has 0 N–H and O–H groups in total. The van der Waals surface area contributed by atoms with Crippen LogP contribution in [0.25, 0.3) is 0 Å². The lowest BCUT2D eigenvalue weighted by molar-refractivity contribution is 0.346. The molecular weight excluding hydrogens is 383 g/mol. The molecular formula is C16H22Cl2N4O2S. The molecule has 0 radical (unpaired) electrons. The largest absolute Gasteiger partial charge is 0.309 e. The Morgan fingerprint density at radius 2 is 1.88 bits per heavy atom. The highest BCUT2D eigenvalue weighted by atomic mass is 35.5. The molecule has 0 saturated heterocycles. The molecule has 0 unspecified atom stereocenters. The molecule has 25 heavy (non-hydrogen) atoms. The van der Waals surface area contributed by atoms with Crippen LogP contribution in [-0.2, 0) is 23.6 Å². The summed E-state index contributed by atoms with van der Waals surface area (Å²) in [4.78, 5) is 2.20. The topological polar surface area (TPSA) is 58.4 Å². The fourth-order valence-corrected chi connectivity index (χ4v) is 4.14. The molecule has 1 heterocycles. The van der Waals surface area contributed by atoms with E-state index in [9.17, 15) is 8.42 Å². The number of rotatable bonds is 8. The molecule has 1 aromatic heterocycles. The first kappa shape index (κ1) is 20.2. The van der Waals surface area contributed by atoms with Crippen LogP contribution in [0, 0.1) is 0 Å². The van der Waals surface area contributed by atoms with Crippen LogP contribution in [0.1, 0.15) is 12.0 Å². The standard InChI is InChI=1S/C16H22Cl2N4O2S/c1-20(2)7-4-8-22(11-13-5-6-15(17)16(18)9-13)25(23,24)14-10-19-21(3)12-14/h5-6,9-10,12H,4,7-8,11H2,1-3H3. The molecule has 0 spiro atoms. The van der Waals surface area contributed by atoms with Gasteiger partial charge in [0.05, 0.1) is 16.2 Å². The Kier molecular flexibility index (Phi) is 6.87. The monoisotopic (exact) mass is 404 g/mol. The van der Waals surface area contributed by atoms with Crippen LogP contribution in [0.5, 0.6) is 0 Å². The van der Waals surface area contributed by atoms with Crippen molar-refractivity contribution in [2.24, 2.45) is 7.05 Å². The van der Waals surface area contributed by atoms with Gasteiger partial charge in [0, 0.05) is 26.3 Å². The van der Waals surface area contributed by atoms with Crippen molar-refractivity contribution in [1.82, 2.24) is 19.0 Å². The molecule has 0 saturated carbocycles. The molecule has 0 aliphatic carbocycles. The third kappa shape index (κ3) is 5.43. The maximum atomic E-state index is 13.0. The van der Waals surface area contributed by atoms with Gasteiger partial charge in [-0.1, -0.05) is 29.3 Å². The van der Waals surface area contributed by atoms with Gasteiger partial charge in [0.15, 0.2) is 0 Å². The summed E-state index contributed by atoms with van der Waals surface area (Å²) in [5.41, 5.74) is 0.784. The Balaban J connectivity index is 2.26. The van der Waals surface area contributed by atoms with E-state index in [2.05, 4.69) is 5.10 Å². The Hall–Kier alpha value is -1.12. The van der Waals surface area contributed by atoms with Crippen LogP contribution in [0.3, 0.4) is 0 Å². The zero-order valence-corrected chi connectivity index (χ0v) is 16.8. The first-order valence-electron chi connectivity index (χ1n) is 7.77. The third-order valence-electron chi connectivity index (χ3n) is 3.67. The fourth-order valence-electron chi connectivity index (χ4n) is 2.37. The summed E-state index contributed by atoms with van der Waals surface area (Å²) in [7, 11) is 1.96.